The van der Waals surface area contributed by atoms with Crippen LogP contribution in [0.25, 0.3) is 0 Å². The second kappa shape index (κ2) is 8.53. The quantitative estimate of drug-likeness (QED) is 0.406. The molecule has 2 rings (SSSR count). The van der Waals surface area contributed by atoms with Gasteiger partial charge in [-0.25, -0.2) is 4.79 Å². The highest BCUT2D eigenvalue weighted by molar-refractivity contribution is 5.98. The second-order valence-electron chi connectivity index (χ2n) is 4.09. The van der Waals surface area contributed by atoms with Gasteiger partial charge in [0, 0.05) is 5.56 Å². The number of hydrogen-bond acceptors (Lipinski definition) is 3. The summed E-state index contributed by atoms with van der Waals surface area (Å²) in [4.78, 5) is 16.5. The zero-order valence-electron chi connectivity index (χ0n) is 12.5. The minimum atomic E-state index is -0.531. The largest absolute Gasteiger partial charge is 0.380 e. The maximum atomic E-state index is 11.7. The first kappa shape index (κ1) is 16.4. The fourth-order valence-corrected chi connectivity index (χ4v) is 1.57. The van der Waals surface area contributed by atoms with Crippen LogP contribution in [0.2, 0.25) is 0 Å². The maximum Gasteiger partial charge on any atom is 0.365 e. The fourth-order valence-electron chi connectivity index (χ4n) is 1.57. The molecule has 0 amide bonds. The normalized spacial score (nSPS) is 10.3. The molecule has 2 N–H and O–H groups in total. The molecule has 2 aromatic rings. The molecular formula is C17H20N2O2. The van der Waals surface area contributed by atoms with Crippen LogP contribution < -0.4 is 5.73 Å². The van der Waals surface area contributed by atoms with E-state index in [2.05, 4.69) is 5.16 Å². The number of carbonyl (C=O) groups is 1. The van der Waals surface area contributed by atoms with Gasteiger partial charge >= 0.3 is 5.97 Å². The zero-order valence-corrected chi connectivity index (χ0v) is 12.5. The van der Waals surface area contributed by atoms with Crippen molar-refractivity contribution in [1.82, 2.24) is 0 Å². The van der Waals surface area contributed by atoms with Crippen molar-refractivity contribution in [3.63, 3.8) is 0 Å². The Kier molecular flexibility index (Phi) is 6.68. The highest BCUT2D eigenvalue weighted by Gasteiger charge is 2.06. The van der Waals surface area contributed by atoms with E-state index in [0.29, 0.717) is 5.56 Å². The van der Waals surface area contributed by atoms with Gasteiger partial charge in [-0.05, 0) is 25.1 Å². The summed E-state index contributed by atoms with van der Waals surface area (Å²) >= 11 is 0. The Morgan fingerprint density at radius 3 is 2.24 bits per heavy atom. The Bertz CT molecular complexity index is 607. The van der Waals surface area contributed by atoms with E-state index in [1.54, 1.807) is 24.3 Å². The van der Waals surface area contributed by atoms with Gasteiger partial charge in [0.2, 0.25) is 0 Å². The third kappa shape index (κ3) is 5.10. The first-order valence-corrected chi connectivity index (χ1v) is 6.84. The van der Waals surface area contributed by atoms with Crippen molar-refractivity contribution in [2.24, 2.45) is 10.9 Å². The number of aryl methyl sites for hydroxylation is 1. The summed E-state index contributed by atoms with van der Waals surface area (Å²) in [6.07, 6.45) is 0. The number of amidine groups is 1. The third-order valence-corrected chi connectivity index (χ3v) is 2.55. The molecule has 0 aliphatic heterocycles. The Morgan fingerprint density at radius 2 is 1.62 bits per heavy atom. The number of rotatable bonds is 3. The fraction of sp³-hybridized carbons (Fsp3) is 0.176. The van der Waals surface area contributed by atoms with Crippen LogP contribution in [-0.2, 0) is 4.84 Å². The lowest BCUT2D eigenvalue weighted by Crippen LogP contribution is -2.15. The number of nitrogens with zero attached hydrogens (tertiary/aromatic N) is 1. The van der Waals surface area contributed by atoms with Crippen LogP contribution in [0, 0.1) is 6.92 Å². The SMILES string of the molecule is CC.Cc1cccc(/C(N)=N\OC(=O)c2ccccc2)c1. The Morgan fingerprint density at radius 1 is 1.00 bits per heavy atom. The van der Waals surface area contributed by atoms with E-state index in [1.165, 1.54) is 0 Å². The van der Waals surface area contributed by atoms with E-state index >= 15 is 0 Å². The molecular weight excluding hydrogens is 264 g/mol. The van der Waals surface area contributed by atoms with Crippen LogP contribution in [0.4, 0.5) is 0 Å². The smallest absolute Gasteiger partial charge is 0.365 e. The average Bonchev–Trinajstić information content (AvgIpc) is 2.55. The molecule has 0 fully saturated rings. The van der Waals surface area contributed by atoms with Gasteiger partial charge in [0.15, 0.2) is 5.84 Å². The van der Waals surface area contributed by atoms with E-state index in [-0.39, 0.29) is 5.84 Å². The van der Waals surface area contributed by atoms with Crippen molar-refractivity contribution in [2.75, 3.05) is 0 Å². The summed E-state index contributed by atoms with van der Waals surface area (Å²) in [5.41, 5.74) is 7.98. The minimum Gasteiger partial charge on any atom is -0.380 e. The molecule has 0 bridgehead atoms. The van der Waals surface area contributed by atoms with Crippen LogP contribution in [0.15, 0.2) is 59.8 Å². The molecule has 2 aromatic carbocycles. The van der Waals surface area contributed by atoms with Crippen LogP contribution in [-0.4, -0.2) is 11.8 Å². The van der Waals surface area contributed by atoms with Crippen molar-refractivity contribution in [2.45, 2.75) is 20.8 Å². The molecule has 0 spiro atoms. The molecule has 0 aromatic heterocycles. The maximum absolute atomic E-state index is 11.7. The first-order chi connectivity index (χ1) is 10.2. The number of hydrogen-bond donors (Lipinski definition) is 1. The average molecular weight is 284 g/mol. The van der Waals surface area contributed by atoms with Crippen LogP contribution in [0.1, 0.15) is 35.3 Å². The predicted octanol–water partition coefficient (Wildman–Crippen LogP) is 3.50. The van der Waals surface area contributed by atoms with Crippen LogP contribution in [0.3, 0.4) is 0 Å². The molecule has 0 saturated heterocycles. The second-order valence-corrected chi connectivity index (χ2v) is 4.09. The summed E-state index contributed by atoms with van der Waals surface area (Å²) < 4.78 is 0. The topological polar surface area (TPSA) is 64.7 Å². The predicted molar refractivity (Wildman–Crippen MR) is 85.1 cm³/mol. The molecule has 0 heterocycles. The van der Waals surface area contributed by atoms with E-state index in [1.807, 2.05) is 51.1 Å². The molecule has 0 atom stereocenters. The Hall–Kier alpha value is -2.62. The van der Waals surface area contributed by atoms with Gasteiger partial charge in [-0.2, -0.15) is 0 Å². The Balaban J connectivity index is 0.00000106. The highest BCUT2D eigenvalue weighted by Crippen LogP contribution is 2.05. The standard InChI is InChI=1S/C15H14N2O2.C2H6/c1-11-6-5-9-13(10-11)14(16)17-19-15(18)12-7-3-2-4-8-12;1-2/h2-10H,1H3,(H2,16,17);1-2H3. The summed E-state index contributed by atoms with van der Waals surface area (Å²) in [5, 5.41) is 3.66. The summed E-state index contributed by atoms with van der Waals surface area (Å²) in [5.74, 6) is -0.357. The molecule has 4 heteroatoms. The van der Waals surface area contributed by atoms with Crippen molar-refractivity contribution in [3.8, 4) is 0 Å². The lowest BCUT2D eigenvalue weighted by atomic mass is 10.1. The van der Waals surface area contributed by atoms with Gasteiger partial charge in [0.25, 0.3) is 0 Å². The summed E-state index contributed by atoms with van der Waals surface area (Å²) in [6.45, 7) is 5.95. The van der Waals surface area contributed by atoms with Gasteiger partial charge < -0.3 is 10.6 Å². The van der Waals surface area contributed by atoms with E-state index in [4.69, 9.17) is 10.6 Å². The lowest BCUT2D eigenvalue weighted by Gasteiger charge is -2.02. The van der Waals surface area contributed by atoms with Gasteiger partial charge in [-0.1, -0.05) is 61.0 Å². The zero-order chi connectivity index (χ0) is 15.7. The number of carbonyl (C=O) groups excluding carboxylic acids is 1. The van der Waals surface area contributed by atoms with Crippen LogP contribution >= 0.6 is 0 Å². The number of benzene rings is 2. The lowest BCUT2D eigenvalue weighted by molar-refractivity contribution is 0.0516. The van der Waals surface area contributed by atoms with Gasteiger partial charge in [-0.15, -0.1) is 0 Å². The van der Waals surface area contributed by atoms with E-state index < -0.39 is 5.97 Å². The minimum absolute atomic E-state index is 0.174. The van der Waals surface area contributed by atoms with Gasteiger partial charge in [0.1, 0.15) is 0 Å². The van der Waals surface area contributed by atoms with Crippen molar-refractivity contribution >= 4 is 11.8 Å². The number of oxime groups is 1. The number of nitrogens with two attached hydrogens (primary N) is 1. The van der Waals surface area contributed by atoms with Crippen LogP contribution in [0.5, 0.6) is 0 Å². The van der Waals surface area contributed by atoms with E-state index in [9.17, 15) is 4.79 Å². The molecule has 21 heavy (non-hydrogen) atoms. The summed E-state index contributed by atoms with van der Waals surface area (Å²) in [6, 6.07) is 16.1. The molecule has 0 unspecified atom stereocenters. The van der Waals surface area contributed by atoms with Crippen molar-refractivity contribution in [1.29, 1.82) is 0 Å². The third-order valence-electron chi connectivity index (χ3n) is 2.55. The molecule has 4 nitrogen and oxygen atoms in total. The molecule has 0 aliphatic carbocycles. The van der Waals surface area contributed by atoms with Crippen molar-refractivity contribution in [3.05, 3.63) is 71.3 Å². The first-order valence-electron chi connectivity index (χ1n) is 6.84. The van der Waals surface area contributed by atoms with E-state index in [0.717, 1.165) is 11.1 Å². The molecule has 0 aliphatic rings. The summed E-state index contributed by atoms with van der Waals surface area (Å²) in [7, 11) is 0. The van der Waals surface area contributed by atoms with Gasteiger partial charge in [-0.3, -0.25) is 0 Å². The molecule has 0 saturated carbocycles. The monoisotopic (exact) mass is 284 g/mol. The Labute approximate surface area is 125 Å². The highest BCUT2D eigenvalue weighted by atomic mass is 16.7. The molecule has 0 radical (unpaired) electrons. The van der Waals surface area contributed by atoms with Crippen molar-refractivity contribution < 1.29 is 9.63 Å². The molecule has 110 valence electrons. The van der Waals surface area contributed by atoms with Gasteiger partial charge in [0.05, 0.1) is 5.56 Å².